The first-order chi connectivity index (χ1) is 10.7. The Morgan fingerprint density at radius 2 is 2.18 bits per heavy atom. The molecule has 2 fully saturated rings. The minimum absolute atomic E-state index is 0.0196. The van der Waals surface area contributed by atoms with Gasteiger partial charge in [0.15, 0.2) is 5.13 Å². The highest BCUT2D eigenvalue weighted by molar-refractivity contribution is 7.13. The monoisotopic (exact) mass is 325 g/mol. The van der Waals surface area contributed by atoms with Crippen molar-refractivity contribution in [1.29, 1.82) is 0 Å². The molecule has 0 aromatic carbocycles. The second-order valence-corrected chi connectivity index (χ2v) is 7.18. The molecule has 1 spiro atoms. The largest absolute Gasteiger partial charge is 0.395 e. The van der Waals surface area contributed by atoms with Gasteiger partial charge in [0.2, 0.25) is 5.91 Å². The van der Waals surface area contributed by atoms with E-state index in [1.54, 1.807) is 11.3 Å². The van der Waals surface area contributed by atoms with E-state index in [2.05, 4.69) is 9.88 Å². The lowest BCUT2D eigenvalue weighted by molar-refractivity contribution is -0.138. The first-order valence-electron chi connectivity index (χ1n) is 7.85. The fourth-order valence-corrected chi connectivity index (χ4v) is 4.49. The third-order valence-corrected chi connectivity index (χ3v) is 5.70. The van der Waals surface area contributed by atoms with Crippen LogP contribution in [0.25, 0.3) is 0 Å². The molecule has 2 saturated heterocycles. The maximum absolute atomic E-state index is 12.0. The van der Waals surface area contributed by atoms with E-state index in [9.17, 15) is 9.90 Å². The van der Waals surface area contributed by atoms with Gasteiger partial charge >= 0.3 is 0 Å². The number of hydrogen-bond acceptors (Lipinski definition) is 6. The number of aliphatic hydroxyl groups is 2. The number of likely N-dealkylation sites (tertiary alicyclic amines) is 1. The summed E-state index contributed by atoms with van der Waals surface area (Å²) in [6.07, 6.45) is 3.71. The van der Waals surface area contributed by atoms with Crippen molar-refractivity contribution in [3.05, 3.63) is 11.1 Å². The molecule has 1 unspecified atom stereocenters. The molecule has 1 aromatic heterocycles. The lowest BCUT2D eigenvalue weighted by Gasteiger charge is -2.48. The summed E-state index contributed by atoms with van der Waals surface area (Å²) in [6.45, 7) is 3.06. The van der Waals surface area contributed by atoms with E-state index in [1.807, 2.05) is 10.3 Å². The van der Waals surface area contributed by atoms with Crippen LogP contribution in [0, 0.1) is 5.41 Å². The Morgan fingerprint density at radius 3 is 2.91 bits per heavy atom. The van der Waals surface area contributed by atoms with Crippen molar-refractivity contribution in [1.82, 2.24) is 9.88 Å². The van der Waals surface area contributed by atoms with Gasteiger partial charge in [0.1, 0.15) is 0 Å². The molecule has 22 heavy (non-hydrogen) atoms. The van der Waals surface area contributed by atoms with Gasteiger partial charge in [-0.1, -0.05) is 0 Å². The molecular weight excluding hydrogens is 302 g/mol. The number of piperidine rings is 2. The zero-order valence-corrected chi connectivity index (χ0v) is 13.5. The molecule has 122 valence electrons. The van der Waals surface area contributed by atoms with Crippen molar-refractivity contribution >= 4 is 22.4 Å². The number of rotatable bonds is 4. The van der Waals surface area contributed by atoms with Gasteiger partial charge < -0.3 is 20.0 Å². The van der Waals surface area contributed by atoms with E-state index in [1.165, 1.54) is 0 Å². The van der Waals surface area contributed by atoms with Crippen LogP contribution in [0.5, 0.6) is 0 Å². The van der Waals surface area contributed by atoms with Gasteiger partial charge in [-0.15, -0.1) is 11.3 Å². The fraction of sp³-hybridized carbons (Fsp3) is 0.733. The quantitative estimate of drug-likeness (QED) is 0.858. The summed E-state index contributed by atoms with van der Waals surface area (Å²) < 4.78 is 0. The van der Waals surface area contributed by atoms with Crippen molar-refractivity contribution < 1.29 is 15.0 Å². The molecule has 0 aliphatic carbocycles. The van der Waals surface area contributed by atoms with E-state index >= 15 is 0 Å². The number of β-amino-alcohol motifs (C(OH)–C–C–N with tert-alkyl or cyclic N) is 1. The second-order valence-electron chi connectivity index (χ2n) is 6.34. The number of nitrogens with zero attached hydrogens (tertiary/aromatic N) is 3. The average Bonchev–Trinajstić information content (AvgIpc) is 3.01. The van der Waals surface area contributed by atoms with E-state index < -0.39 is 0 Å². The van der Waals surface area contributed by atoms with E-state index in [4.69, 9.17) is 5.11 Å². The van der Waals surface area contributed by atoms with Crippen LogP contribution >= 0.6 is 11.3 Å². The first-order valence-corrected chi connectivity index (χ1v) is 8.73. The van der Waals surface area contributed by atoms with E-state index in [0.29, 0.717) is 13.0 Å². The molecule has 7 heteroatoms. The van der Waals surface area contributed by atoms with Crippen LogP contribution in [0.15, 0.2) is 5.38 Å². The van der Waals surface area contributed by atoms with Gasteiger partial charge in [-0.2, -0.15) is 0 Å². The van der Waals surface area contributed by atoms with Gasteiger partial charge in [0, 0.05) is 43.4 Å². The molecule has 3 heterocycles. The Hall–Kier alpha value is -1.18. The third-order valence-electron chi connectivity index (χ3n) is 4.75. The van der Waals surface area contributed by atoms with Crippen molar-refractivity contribution in [2.24, 2.45) is 5.41 Å². The zero-order chi connectivity index (χ0) is 15.6. The molecule has 2 N–H and O–H groups in total. The topological polar surface area (TPSA) is 76.9 Å². The number of amides is 1. The highest BCUT2D eigenvalue weighted by Gasteiger charge is 2.42. The summed E-state index contributed by atoms with van der Waals surface area (Å²) in [5.41, 5.74) is 0.840. The maximum Gasteiger partial charge on any atom is 0.222 e. The first kappa shape index (κ1) is 15.7. The third kappa shape index (κ3) is 3.11. The van der Waals surface area contributed by atoms with Crippen LogP contribution in [0.4, 0.5) is 5.13 Å². The summed E-state index contributed by atoms with van der Waals surface area (Å²) in [5.74, 6) is 0.161. The Kier molecular flexibility index (Phi) is 4.65. The number of aromatic nitrogens is 1. The van der Waals surface area contributed by atoms with Crippen molar-refractivity contribution in [2.45, 2.75) is 32.3 Å². The summed E-state index contributed by atoms with van der Waals surface area (Å²) in [4.78, 5) is 20.5. The molecule has 1 amide bonds. The van der Waals surface area contributed by atoms with Crippen molar-refractivity contribution in [3.63, 3.8) is 0 Å². The smallest absolute Gasteiger partial charge is 0.222 e. The normalized spacial score (nSPS) is 26.0. The number of hydrogen-bond donors (Lipinski definition) is 2. The molecule has 3 rings (SSSR count). The van der Waals surface area contributed by atoms with Crippen LogP contribution < -0.4 is 4.90 Å². The highest BCUT2D eigenvalue weighted by Crippen LogP contribution is 2.40. The Bertz CT molecular complexity index is 536. The molecule has 1 aromatic rings. The molecule has 2 aliphatic heterocycles. The number of carbonyl (C=O) groups excluding carboxylic acids is 1. The lowest BCUT2D eigenvalue weighted by atomic mass is 9.73. The van der Waals surface area contributed by atoms with Gasteiger partial charge in [-0.25, -0.2) is 4.98 Å². The van der Waals surface area contributed by atoms with E-state index in [-0.39, 0.29) is 24.5 Å². The molecular formula is C15H23N3O3S. The van der Waals surface area contributed by atoms with Gasteiger partial charge in [0.25, 0.3) is 0 Å². The molecule has 0 saturated carbocycles. The fourth-order valence-electron chi connectivity index (χ4n) is 3.65. The highest BCUT2D eigenvalue weighted by atomic mass is 32.1. The van der Waals surface area contributed by atoms with Crippen LogP contribution in [0.3, 0.4) is 0 Å². The number of anilines is 1. The number of aliphatic hydroxyl groups excluding tert-OH is 2. The predicted molar refractivity (Wildman–Crippen MR) is 84.8 cm³/mol. The van der Waals surface area contributed by atoms with Crippen LogP contribution in [-0.2, 0) is 11.4 Å². The summed E-state index contributed by atoms with van der Waals surface area (Å²) >= 11 is 1.57. The van der Waals surface area contributed by atoms with Gasteiger partial charge in [-0.3, -0.25) is 4.79 Å². The number of carbonyl (C=O) groups is 1. The minimum Gasteiger partial charge on any atom is -0.395 e. The Labute approximate surface area is 134 Å². The SMILES string of the molecule is O=C1CCC2(CCCN(c3nc(CO)cs3)C2)CN1CCO. The molecule has 0 bridgehead atoms. The standard InChI is InChI=1S/C15H23N3O3S/c19-7-6-17-10-15(4-2-13(17)21)3-1-5-18(11-15)14-16-12(8-20)9-22-14/h9,19-20H,1-8,10-11H2. The van der Waals surface area contributed by atoms with Crippen LogP contribution in [0.2, 0.25) is 0 Å². The maximum atomic E-state index is 12.0. The Balaban J connectivity index is 1.72. The van der Waals surface area contributed by atoms with Gasteiger partial charge in [0.05, 0.1) is 18.9 Å². The second kappa shape index (κ2) is 6.52. The summed E-state index contributed by atoms with van der Waals surface area (Å²) in [5, 5.41) is 21.2. The van der Waals surface area contributed by atoms with Crippen LogP contribution in [0.1, 0.15) is 31.4 Å². The Morgan fingerprint density at radius 1 is 1.32 bits per heavy atom. The van der Waals surface area contributed by atoms with Gasteiger partial charge in [-0.05, 0) is 19.3 Å². The minimum atomic E-state index is -0.0196. The predicted octanol–water partition coefficient (Wildman–Crippen LogP) is 0.837. The zero-order valence-electron chi connectivity index (χ0n) is 12.7. The van der Waals surface area contributed by atoms with Crippen molar-refractivity contribution in [3.8, 4) is 0 Å². The molecule has 6 nitrogen and oxygen atoms in total. The molecule has 0 radical (unpaired) electrons. The summed E-state index contributed by atoms with van der Waals surface area (Å²) in [7, 11) is 0. The lowest BCUT2D eigenvalue weighted by Crippen LogP contribution is -2.54. The molecule has 1 atom stereocenters. The van der Waals surface area contributed by atoms with Crippen LogP contribution in [-0.4, -0.2) is 58.8 Å². The van der Waals surface area contributed by atoms with E-state index in [0.717, 1.165) is 49.7 Å². The average molecular weight is 325 g/mol. The molecule has 2 aliphatic rings. The van der Waals surface area contributed by atoms with Crippen molar-refractivity contribution in [2.75, 3.05) is 37.7 Å². The number of thiazole rings is 1. The summed E-state index contributed by atoms with van der Waals surface area (Å²) in [6, 6.07) is 0.